The van der Waals surface area contributed by atoms with Crippen molar-refractivity contribution in [3.63, 3.8) is 0 Å². The molecule has 110 valence electrons. The van der Waals surface area contributed by atoms with Gasteiger partial charge in [-0.2, -0.15) is 0 Å². The molecule has 0 bridgehead atoms. The normalized spacial score (nSPS) is 11.9. The third-order valence-electron chi connectivity index (χ3n) is 3.37. The maximum atomic E-state index is 5.82. The minimum Gasteiger partial charge on any atom is -0.389 e. The highest BCUT2D eigenvalue weighted by Gasteiger charge is 2.11. The van der Waals surface area contributed by atoms with Crippen LogP contribution in [0, 0.1) is 0 Å². The Bertz CT molecular complexity index is 613. The minimum absolute atomic E-state index is 0.340. The molecule has 0 aromatic heterocycles. The Balaban J connectivity index is 2.01. The van der Waals surface area contributed by atoms with Gasteiger partial charge in [0.25, 0.3) is 0 Å². The van der Waals surface area contributed by atoms with E-state index >= 15 is 0 Å². The van der Waals surface area contributed by atoms with Gasteiger partial charge in [-0.25, -0.2) is 0 Å². The number of rotatable bonds is 6. The van der Waals surface area contributed by atoms with Crippen LogP contribution >= 0.6 is 28.1 Å². The van der Waals surface area contributed by atoms with Gasteiger partial charge in [0.2, 0.25) is 0 Å². The highest BCUT2D eigenvalue weighted by atomic mass is 79.9. The molecule has 0 aliphatic rings. The van der Waals surface area contributed by atoms with Gasteiger partial charge >= 0.3 is 0 Å². The number of hydrogen-bond donors (Lipinski definition) is 2. The van der Waals surface area contributed by atoms with Crippen LogP contribution in [0.2, 0.25) is 0 Å². The highest BCUT2D eigenvalue weighted by Crippen LogP contribution is 2.25. The summed E-state index contributed by atoms with van der Waals surface area (Å²) in [5.74, 6) is 0. The van der Waals surface area contributed by atoms with Gasteiger partial charge in [0.1, 0.15) is 4.99 Å². The zero-order valence-electron chi connectivity index (χ0n) is 12.0. The molecule has 1 atom stereocenters. The average Bonchev–Trinajstić information content (AvgIpc) is 2.46. The van der Waals surface area contributed by atoms with Crippen LogP contribution in [0.3, 0.4) is 0 Å². The molecule has 2 nitrogen and oxygen atoms in total. The fraction of sp³-hybridized carbons (Fsp3) is 0.235. The summed E-state index contributed by atoms with van der Waals surface area (Å²) in [5.41, 5.74) is 9.03. The van der Waals surface area contributed by atoms with E-state index < -0.39 is 0 Å². The number of anilines is 1. The molecule has 0 heterocycles. The molecule has 4 heteroatoms. The van der Waals surface area contributed by atoms with E-state index in [0.717, 1.165) is 28.6 Å². The Morgan fingerprint density at radius 2 is 1.90 bits per heavy atom. The molecule has 0 aliphatic carbocycles. The fourth-order valence-corrected chi connectivity index (χ4v) is 3.19. The van der Waals surface area contributed by atoms with Gasteiger partial charge < -0.3 is 11.1 Å². The van der Waals surface area contributed by atoms with Crippen LogP contribution in [0.15, 0.2) is 53.0 Å². The summed E-state index contributed by atoms with van der Waals surface area (Å²) in [7, 11) is 0. The standard InChI is InChI=1S/C17H19BrN2S/c1-12(10-11-13-6-3-2-4-7-13)20-15-9-5-8-14(18)16(15)17(19)21/h2-9,12,20H,10-11H2,1H3,(H2,19,21). The van der Waals surface area contributed by atoms with E-state index in [1.165, 1.54) is 5.56 Å². The average molecular weight is 363 g/mol. The molecule has 2 aromatic rings. The lowest BCUT2D eigenvalue weighted by Crippen LogP contribution is -2.20. The summed E-state index contributed by atoms with van der Waals surface area (Å²) in [6, 6.07) is 16.8. The highest BCUT2D eigenvalue weighted by molar-refractivity contribution is 9.10. The summed E-state index contributed by atoms with van der Waals surface area (Å²) in [6.07, 6.45) is 2.10. The van der Waals surface area contributed by atoms with Crippen LogP contribution < -0.4 is 11.1 Å². The van der Waals surface area contributed by atoms with Crippen molar-refractivity contribution in [3.05, 3.63) is 64.1 Å². The van der Waals surface area contributed by atoms with Crippen molar-refractivity contribution in [2.45, 2.75) is 25.8 Å². The van der Waals surface area contributed by atoms with Crippen molar-refractivity contribution in [1.82, 2.24) is 0 Å². The molecule has 0 amide bonds. The smallest absolute Gasteiger partial charge is 0.107 e. The van der Waals surface area contributed by atoms with E-state index in [4.69, 9.17) is 18.0 Å². The molecule has 0 saturated heterocycles. The first-order chi connectivity index (χ1) is 10.1. The number of benzene rings is 2. The monoisotopic (exact) mass is 362 g/mol. The van der Waals surface area contributed by atoms with E-state index in [-0.39, 0.29) is 0 Å². The van der Waals surface area contributed by atoms with Crippen LogP contribution in [0.5, 0.6) is 0 Å². The molecule has 0 radical (unpaired) electrons. The molecule has 0 spiro atoms. The van der Waals surface area contributed by atoms with Gasteiger partial charge in [-0.3, -0.25) is 0 Å². The first kappa shape index (κ1) is 16.0. The number of aryl methyl sites for hydroxylation is 1. The summed E-state index contributed by atoms with van der Waals surface area (Å²) in [4.78, 5) is 0.403. The zero-order valence-corrected chi connectivity index (χ0v) is 14.4. The predicted molar refractivity (Wildman–Crippen MR) is 97.9 cm³/mol. The maximum absolute atomic E-state index is 5.82. The van der Waals surface area contributed by atoms with Crippen molar-refractivity contribution in [3.8, 4) is 0 Å². The second-order valence-electron chi connectivity index (χ2n) is 5.10. The lowest BCUT2D eigenvalue weighted by atomic mass is 10.1. The van der Waals surface area contributed by atoms with Crippen molar-refractivity contribution in [1.29, 1.82) is 0 Å². The van der Waals surface area contributed by atoms with Gasteiger partial charge in [0, 0.05) is 21.8 Å². The molecule has 21 heavy (non-hydrogen) atoms. The SMILES string of the molecule is CC(CCc1ccccc1)Nc1cccc(Br)c1C(N)=S. The summed E-state index contributed by atoms with van der Waals surface area (Å²) < 4.78 is 0.926. The van der Waals surface area contributed by atoms with E-state index in [0.29, 0.717) is 11.0 Å². The summed E-state index contributed by atoms with van der Waals surface area (Å²) in [6.45, 7) is 2.17. The van der Waals surface area contributed by atoms with E-state index in [2.05, 4.69) is 52.4 Å². The molecule has 2 aromatic carbocycles. The van der Waals surface area contributed by atoms with Gasteiger partial charge in [-0.05, 0) is 53.4 Å². The van der Waals surface area contributed by atoms with Crippen LogP contribution in [-0.2, 0) is 6.42 Å². The molecule has 0 saturated carbocycles. The number of hydrogen-bond acceptors (Lipinski definition) is 2. The largest absolute Gasteiger partial charge is 0.389 e. The van der Waals surface area contributed by atoms with Crippen LogP contribution in [-0.4, -0.2) is 11.0 Å². The molecular weight excluding hydrogens is 344 g/mol. The summed E-state index contributed by atoms with van der Waals surface area (Å²) >= 11 is 8.64. The Labute approximate surface area is 139 Å². The maximum Gasteiger partial charge on any atom is 0.107 e. The van der Waals surface area contributed by atoms with Gasteiger partial charge in [0.15, 0.2) is 0 Å². The molecular formula is C17H19BrN2S. The minimum atomic E-state index is 0.340. The quantitative estimate of drug-likeness (QED) is 0.742. The summed E-state index contributed by atoms with van der Waals surface area (Å²) in [5, 5.41) is 3.51. The molecule has 2 rings (SSSR count). The Kier molecular flexibility index (Phi) is 5.76. The lowest BCUT2D eigenvalue weighted by Gasteiger charge is -2.18. The number of nitrogens with two attached hydrogens (primary N) is 1. The van der Waals surface area contributed by atoms with E-state index in [1.54, 1.807) is 0 Å². The number of nitrogens with one attached hydrogen (secondary N) is 1. The molecule has 0 aliphatic heterocycles. The fourth-order valence-electron chi connectivity index (χ4n) is 2.26. The second kappa shape index (κ2) is 7.57. The number of thiocarbonyl (C=S) groups is 1. The molecule has 1 unspecified atom stereocenters. The first-order valence-electron chi connectivity index (χ1n) is 6.96. The van der Waals surface area contributed by atoms with Crippen molar-refractivity contribution >= 4 is 38.8 Å². The molecule has 0 fully saturated rings. The van der Waals surface area contributed by atoms with E-state index in [9.17, 15) is 0 Å². The second-order valence-corrected chi connectivity index (χ2v) is 6.39. The van der Waals surface area contributed by atoms with Crippen LogP contribution in [0.1, 0.15) is 24.5 Å². The van der Waals surface area contributed by atoms with Crippen molar-refractivity contribution in [2.24, 2.45) is 5.73 Å². The topological polar surface area (TPSA) is 38.0 Å². The van der Waals surface area contributed by atoms with Gasteiger partial charge in [-0.1, -0.05) is 48.6 Å². The Hall–Kier alpha value is -1.39. The van der Waals surface area contributed by atoms with Crippen molar-refractivity contribution in [2.75, 3.05) is 5.32 Å². The van der Waals surface area contributed by atoms with Crippen LogP contribution in [0.4, 0.5) is 5.69 Å². The van der Waals surface area contributed by atoms with Crippen LogP contribution in [0.25, 0.3) is 0 Å². The zero-order chi connectivity index (χ0) is 15.2. The third-order valence-corrected chi connectivity index (χ3v) is 4.24. The van der Waals surface area contributed by atoms with E-state index in [1.807, 2.05) is 24.3 Å². The first-order valence-corrected chi connectivity index (χ1v) is 8.17. The predicted octanol–water partition coefficient (Wildman–Crippen LogP) is 4.52. The lowest BCUT2D eigenvalue weighted by molar-refractivity contribution is 0.706. The molecule has 3 N–H and O–H groups in total. The van der Waals surface area contributed by atoms with Gasteiger partial charge in [-0.15, -0.1) is 0 Å². The Morgan fingerprint density at radius 3 is 2.57 bits per heavy atom. The third kappa shape index (κ3) is 4.55. The van der Waals surface area contributed by atoms with Gasteiger partial charge in [0.05, 0.1) is 0 Å². The Morgan fingerprint density at radius 1 is 1.19 bits per heavy atom. The van der Waals surface area contributed by atoms with Crippen molar-refractivity contribution < 1.29 is 0 Å². The number of halogens is 1.